The maximum absolute atomic E-state index is 14.1. The number of ether oxygens (including phenoxy) is 1. The van der Waals surface area contributed by atoms with Crippen LogP contribution in [0.25, 0.3) is 10.9 Å². The number of Topliss-reactive ketones (excluding diaryl/α,β-unsaturated/α-hetero) is 1. The summed E-state index contributed by atoms with van der Waals surface area (Å²) in [5.74, 6) is -0.335. The summed E-state index contributed by atoms with van der Waals surface area (Å²) in [6.07, 6.45) is 4.59. The Bertz CT molecular complexity index is 1630. The van der Waals surface area contributed by atoms with E-state index < -0.39 is 6.04 Å². The fourth-order valence-corrected chi connectivity index (χ4v) is 5.98. The fraction of sp³-hybridized carbons (Fsp3) is 0.371. The number of amides is 3. The Hall–Kier alpha value is -4.70. The van der Waals surface area contributed by atoms with Crippen molar-refractivity contribution in [3.63, 3.8) is 0 Å². The Balaban J connectivity index is 1.36. The van der Waals surface area contributed by atoms with Gasteiger partial charge < -0.3 is 30.2 Å². The molecule has 1 aliphatic rings. The third kappa shape index (κ3) is 7.51. The Morgan fingerprint density at radius 2 is 1.82 bits per heavy atom. The number of carbonyl (C=O) groups is 3. The Morgan fingerprint density at radius 1 is 1.07 bits per heavy atom. The van der Waals surface area contributed by atoms with Gasteiger partial charge in [0.25, 0.3) is 0 Å². The lowest BCUT2D eigenvalue weighted by Gasteiger charge is -2.33. The Morgan fingerprint density at radius 3 is 2.53 bits per heavy atom. The third-order valence-electron chi connectivity index (χ3n) is 8.34. The van der Waals surface area contributed by atoms with Crippen molar-refractivity contribution >= 4 is 34.3 Å². The van der Waals surface area contributed by atoms with Crippen molar-refractivity contribution in [3.05, 3.63) is 89.9 Å². The molecule has 0 bridgehead atoms. The number of fused-ring (bicyclic) bond motifs is 1. The first-order valence-corrected chi connectivity index (χ1v) is 15.5. The molecule has 0 unspecified atom stereocenters. The van der Waals surface area contributed by atoms with Crippen molar-refractivity contribution in [2.24, 2.45) is 5.92 Å². The average molecular weight is 611 g/mol. The van der Waals surface area contributed by atoms with E-state index in [1.165, 1.54) is 0 Å². The van der Waals surface area contributed by atoms with Crippen LogP contribution in [0.5, 0.6) is 5.75 Å². The molecule has 10 nitrogen and oxygen atoms in total. The van der Waals surface area contributed by atoms with Crippen LogP contribution in [-0.2, 0) is 11.3 Å². The predicted octanol–water partition coefficient (Wildman–Crippen LogP) is 5.44. The van der Waals surface area contributed by atoms with E-state index in [-0.39, 0.29) is 29.6 Å². The van der Waals surface area contributed by atoms with Crippen LogP contribution in [-0.4, -0.2) is 77.3 Å². The van der Waals surface area contributed by atoms with Gasteiger partial charge in [-0.05, 0) is 75.3 Å². The maximum Gasteiger partial charge on any atom is 0.318 e. The molecule has 3 N–H and O–H groups in total. The fourth-order valence-electron chi connectivity index (χ4n) is 5.98. The molecule has 2 atom stereocenters. The Labute approximate surface area is 264 Å². The molecule has 0 saturated carbocycles. The number of carbonyl (C=O) groups excluding carboxylic acids is 3. The van der Waals surface area contributed by atoms with Gasteiger partial charge in [-0.2, -0.15) is 0 Å². The van der Waals surface area contributed by atoms with Gasteiger partial charge in [-0.1, -0.05) is 37.3 Å². The first-order valence-electron chi connectivity index (χ1n) is 15.5. The van der Waals surface area contributed by atoms with Crippen LogP contribution in [0.1, 0.15) is 54.2 Å². The minimum Gasteiger partial charge on any atom is -0.492 e. The van der Waals surface area contributed by atoms with E-state index in [2.05, 4.69) is 25.5 Å². The number of H-pyrrole nitrogens is 1. The van der Waals surface area contributed by atoms with Crippen molar-refractivity contribution in [2.45, 2.75) is 45.2 Å². The molecule has 0 spiro atoms. The monoisotopic (exact) mass is 610 g/mol. The second-order valence-corrected chi connectivity index (χ2v) is 11.8. The lowest BCUT2D eigenvalue weighted by Crippen LogP contribution is -2.53. The van der Waals surface area contributed by atoms with Crippen LogP contribution in [0.15, 0.2) is 73.1 Å². The zero-order valence-corrected chi connectivity index (χ0v) is 26.4. The SMILES string of the molecule is CCOc1ccc(CN(C)C)cc1NC(=O)[C@H](NC(=O)N1CCC(C(=O)c2ccccn2)CC1)[C@@H](C)c1c[nH]c2ccccc12. The van der Waals surface area contributed by atoms with Crippen molar-refractivity contribution < 1.29 is 19.1 Å². The van der Waals surface area contributed by atoms with Gasteiger partial charge in [-0.25, -0.2) is 4.79 Å². The number of pyridine rings is 1. The molecule has 1 fully saturated rings. The zero-order chi connectivity index (χ0) is 31.9. The number of urea groups is 1. The van der Waals surface area contributed by atoms with Gasteiger partial charge in [0.1, 0.15) is 17.5 Å². The lowest BCUT2D eigenvalue weighted by atomic mass is 9.90. The molecule has 0 radical (unpaired) electrons. The summed E-state index contributed by atoms with van der Waals surface area (Å²) in [6.45, 7) is 5.80. The Kier molecular flexibility index (Phi) is 10.1. The first kappa shape index (κ1) is 31.7. The van der Waals surface area contributed by atoms with Crippen molar-refractivity contribution in [2.75, 3.05) is 39.1 Å². The maximum atomic E-state index is 14.1. The highest BCUT2D eigenvalue weighted by Crippen LogP contribution is 2.31. The van der Waals surface area contributed by atoms with Gasteiger partial charge in [-0.3, -0.25) is 14.6 Å². The normalized spacial score (nSPS) is 15.1. The molecule has 236 valence electrons. The van der Waals surface area contributed by atoms with E-state index in [1.807, 2.05) is 76.6 Å². The largest absolute Gasteiger partial charge is 0.492 e. The number of aromatic amines is 1. The number of likely N-dealkylation sites (tertiary alicyclic amines) is 1. The molecule has 3 heterocycles. The molecule has 10 heteroatoms. The van der Waals surface area contributed by atoms with Crippen molar-refractivity contribution in [1.82, 2.24) is 25.1 Å². The first-order chi connectivity index (χ1) is 21.7. The molecule has 3 amide bonds. The van der Waals surface area contributed by atoms with Crippen molar-refractivity contribution in [1.29, 1.82) is 0 Å². The number of piperidine rings is 1. The quantitative estimate of drug-likeness (QED) is 0.195. The number of benzene rings is 2. The summed E-state index contributed by atoms with van der Waals surface area (Å²) in [5, 5.41) is 7.11. The van der Waals surface area contributed by atoms with Gasteiger partial charge >= 0.3 is 6.03 Å². The molecule has 5 rings (SSSR count). The molecule has 2 aromatic heterocycles. The minimum atomic E-state index is -0.892. The number of hydrogen-bond donors (Lipinski definition) is 3. The number of nitrogens with zero attached hydrogens (tertiary/aromatic N) is 3. The summed E-state index contributed by atoms with van der Waals surface area (Å²) in [6, 6.07) is 17.8. The summed E-state index contributed by atoms with van der Waals surface area (Å²) in [5.41, 5.74) is 3.91. The van der Waals surface area contributed by atoms with Gasteiger partial charge in [0.2, 0.25) is 5.91 Å². The van der Waals surface area contributed by atoms with Gasteiger partial charge in [0.15, 0.2) is 5.78 Å². The van der Waals surface area contributed by atoms with E-state index >= 15 is 0 Å². The van der Waals surface area contributed by atoms with Crippen LogP contribution in [0.4, 0.5) is 10.5 Å². The van der Waals surface area contributed by atoms with Crippen LogP contribution in [0.2, 0.25) is 0 Å². The molecule has 1 aliphatic heterocycles. The highest BCUT2D eigenvalue weighted by Gasteiger charge is 2.34. The number of ketones is 1. The molecular formula is C35H42N6O4. The number of anilines is 1. The standard InChI is InChI=1S/C35H42N6O4/c1-5-45-31-14-13-24(22-40(3)4)20-30(31)38-34(43)32(23(2)27-21-37-28-11-7-6-10-26(27)28)39-35(44)41-18-15-25(16-19-41)33(42)29-12-8-9-17-36-29/h6-14,17,20-21,23,25,32,37H,5,15-16,18-19,22H2,1-4H3,(H,38,43)(H,39,44)/t23-,32+/m0/s1. The van der Waals surface area contributed by atoms with Gasteiger partial charge in [0, 0.05) is 54.8 Å². The van der Waals surface area contributed by atoms with E-state index in [0.717, 1.165) is 22.0 Å². The lowest BCUT2D eigenvalue weighted by molar-refractivity contribution is -0.118. The molecule has 45 heavy (non-hydrogen) atoms. The molecule has 0 aliphatic carbocycles. The zero-order valence-electron chi connectivity index (χ0n) is 26.4. The number of para-hydroxylation sites is 1. The number of nitrogens with one attached hydrogen (secondary N) is 3. The average Bonchev–Trinajstić information content (AvgIpc) is 3.48. The van der Waals surface area contributed by atoms with Gasteiger partial charge in [0.05, 0.1) is 12.3 Å². The highest BCUT2D eigenvalue weighted by atomic mass is 16.5. The minimum absolute atomic E-state index is 0.00229. The molecular weight excluding hydrogens is 568 g/mol. The summed E-state index contributed by atoms with van der Waals surface area (Å²) < 4.78 is 5.84. The van der Waals surface area contributed by atoms with E-state index in [4.69, 9.17) is 4.74 Å². The summed E-state index contributed by atoms with van der Waals surface area (Å²) in [7, 11) is 3.97. The molecule has 2 aromatic carbocycles. The van der Waals surface area contributed by atoms with Crippen LogP contribution in [0.3, 0.4) is 0 Å². The van der Waals surface area contributed by atoms with E-state index in [0.29, 0.717) is 56.2 Å². The van der Waals surface area contributed by atoms with E-state index in [1.54, 1.807) is 29.3 Å². The second-order valence-electron chi connectivity index (χ2n) is 11.8. The van der Waals surface area contributed by atoms with Crippen LogP contribution in [0, 0.1) is 5.92 Å². The van der Waals surface area contributed by atoms with Crippen LogP contribution >= 0.6 is 0 Å². The van der Waals surface area contributed by atoms with E-state index in [9.17, 15) is 14.4 Å². The topological polar surface area (TPSA) is 120 Å². The summed E-state index contributed by atoms with van der Waals surface area (Å²) in [4.78, 5) is 52.0. The number of aromatic nitrogens is 2. The third-order valence-corrected chi connectivity index (χ3v) is 8.34. The van der Waals surface area contributed by atoms with Gasteiger partial charge in [-0.15, -0.1) is 0 Å². The summed E-state index contributed by atoms with van der Waals surface area (Å²) >= 11 is 0. The second kappa shape index (κ2) is 14.4. The van der Waals surface area contributed by atoms with Crippen LogP contribution < -0.4 is 15.4 Å². The predicted molar refractivity (Wildman–Crippen MR) is 176 cm³/mol. The number of hydrogen-bond acceptors (Lipinski definition) is 6. The van der Waals surface area contributed by atoms with Crippen molar-refractivity contribution in [3.8, 4) is 5.75 Å². The molecule has 4 aromatic rings. The highest BCUT2D eigenvalue weighted by molar-refractivity contribution is 6.00. The molecule has 1 saturated heterocycles. The number of rotatable bonds is 11. The smallest absolute Gasteiger partial charge is 0.318 e.